The van der Waals surface area contributed by atoms with Crippen molar-refractivity contribution in [3.63, 3.8) is 0 Å². The molecule has 2 aromatic rings. The number of aromatic nitrogens is 2. The van der Waals surface area contributed by atoms with Crippen LogP contribution in [-0.4, -0.2) is 66.3 Å². The van der Waals surface area contributed by atoms with Crippen molar-refractivity contribution >= 4 is 23.2 Å². The van der Waals surface area contributed by atoms with E-state index in [1.54, 1.807) is 24.3 Å². The highest BCUT2D eigenvalue weighted by atomic mass is 16.5. The van der Waals surface area contributed by atoms with E-state index in [-0.39, 0.29) is 11.8 Å². The van der Waals surface area contributed by atoms with Gasteiger partial charge in [-0.1, -0.05) is 0 Å². The van der Waals surface area contributed by atoms with Gasteiger partial charge in [0.15, 0.2) is 5.69 Å². The Morgan fingerprint density at radius 3 is 2.57 bits per heavy atom. The van der Waals surface area contributed by atoms with Crippen molar-refractivity contribution in [3.8, 4) is 0 Å². The van der Waals surface area contributed by atoms with Crippen molar-refractivity contribution < 1.29 is 14.3 Å². The van der Waals surface area contributed by atoms with Gasteiger partial charge >= 0.3 is 0 Å². The molecule has 2 amide bonds. The maximum absolute atomic E-state index is 12.5. The summed E-state index contributed by atoms with van der Waals surface area (Å²) in [4.78, 5) is 26.7. The van der Waals surface area contributed by atoms with E-state index < -0.39 is 0 Å². The number of rotatable bonds is 5. The summed E-state index contributed by atoms with van der Waals surface area (Å²) in [6, 6.07) is 7.07. The summed E-state index contributed by atoms with van der Waals surface area (Å²) in [7, 11) is 0. The molecule has 4 N–H and O–H groups in total. The molecule has 2 aliphatic heterocycles. The number of hydrogen-bond donors (Lipinski definition) is 4. The first-order chi connectivity index (χ1) is 13.7. The maximum atomic E-state index is 12.5. The molecule has 1 saturated heterocycles. The molecular weight excluding hydrogens is 360 g/mol. The van der Waals surface area contributed by atoms with Gasteiger partial charge in [-0.15, -0.1) is 0 Å². The number of hydrogen-bond acceptors (Lipinski definition) is 6. The van der Waals surface area contributed by atoms with Gasteiger partial charge in [0, 0.05) is 55.2 Å². The molecule has 3 heterocycles. The zero-order valence-corrected chi connectivity index (χ0v) is 15.6. The molecule has 4 rings (SSSR count). The monoisotopic (exact) mass is 384 g/mol. The van der Waals surface area contributed by atoms with Gasteiger partial charge < -0.3 is 20.7 Å². The van der Waals surface area contributed by atoms with Gasteiger partial charge in [0.25, 0.3) is 5.91 Å². The van der Waals surface area contributed by atoms with Gasteiger partial charge in [0.1, 0.15) is 0 Å². The zero-order valence-electron chi connectivity index (χ0n) is 15.6. The summed E-state index contributed by atoms with van der Waals surface area (Å²) in [5, 5.41) is 16.1. The van der Waals surface area contributed by atoms with E-state index >= 15 is 0 Å². The van der Waals surface area contributed by atoms with Crippen molar-refractivity contribution in [2.75, 3.05) is 50.0 Å². The maximum Gasteiger partial charge on any atom is 0.276 e. The Bertz CT molecular complexity index is 842. The van der Waals surface area contributed by atoms with Crippen molar-refractivity contribution in [1.82, 2.24) is 20.4 Å². The predicted molar refractivity (Wildman–Crippen MR) is 104 cm³/mol. The molecule has 9 nitrogen and oxygen atoms in total. The van der Waals surface area contributed by atoms with E-state index in [1.165, 1.54) is 0 Å². The van der Waals surface area contributed by atoms with Gasteiger partial charge in [0.05, 0.1) is 19.8 Å². The highest BCUT2D eigenvalue weighted by Gasteiger charge is 2.21. The van der Waals surface area contributed by atoms with E-state index in [4.69, 9.17) is 4.74 Å². The lowest BCUT2D eigenvalue weighted by Crippen LogP contribution is -2.41. The number of nitrogens with zero attached hydrogens (tertiary/aromatic N) is 2. The molecule has 0 unspecified atom stereocenters. The minimum atomic E-state index is -0.245. The molecule has 1 aromatic heterocycles. The minimum Gasteiger partial charge on any atom is -0.379 e. The lowest BCUT2D eigenvalue weighted by molar-refractivity contribution is -0.118. The summed E-state index contributed by atoms with van der Waals surface area (Å²) < 4.78 is 5.28. The SMILES string of the molecule is O=C(CN1CCOCC1)Nc1ccc(NC(=O)c2n[nH]c3c2CNCC3)cc1. The van der Waals surface area contributed by atoms with Crippen molar-refractivity contribution in [2.24, 2.45) is 0 Å². The zero-order chi connectivity index (χ0) is 19.3. The molecular formula is C19H24N6O3. The number of aromatic amines is 1. The molecule has 9 heteroatoms. The number of amides is 2. The van der Waals surface area contributed by atoms with Gasteiger partial charge in [-0.25, -0.2) is 0 Å². The van der Waals surface area contributed by atoms with E-state index in [1.807, 2.05) is 0 Å². The Kier molecular flexibility index (Phi) is 5.65. The minimum absolute atomic E-state index is 0.0608. The molecule has 0 aliphatic carbocycles. The standard InChI is InChI=1S/C19H24N6O3/c26-17(12-25-7-9-28-10-8-25)21-13-1-3-14(4-2-13)22-19(27)18-15-11-20-6-5-16(15)23-24-18/h1-4,20H,5-12H2,(H,21,26)(H,22,27)(H,23,24). The Hall–Kier alpha value is -2.75. The predicted octanol–water partition coefficient (Wildman–Crippen LogP) is 0.578. The topological polar surface area (TPSA) is 111 Å². The molecule has 1 fully saturated rings. The normalized spacial score (nSPS) is 17.0. The fourth-order valence-corrected chi connectivity index (χ4v) is 3.40. The first kappa shape index (κ1) is 18.6. The number of nitrogens with one attached hydrogen (secondary N) is 4. The third-order valence-electron chi connectivity index (χ3n) is 4.92. The van der Waals surface area contributed by atoms with Crippen LogP contribution in [0.5, 0.6) is 0 Å². The third-order valence-corrected chi connectivity index (χ3v) is 4.92. The summed E-state index contributed by atoms with van der Waals surface area (Å²) in [5.41, 5.74) is 3.71. The summed E-state index contributed by atoms with van der Waals surface area (Å²) in [5.74, 6) is -0.306. The number of benzene rings is 1. The second-order valence-corrected chi connectivity index (χ2v) is 6.92. The average Bonchev–Trinajstić information content (AvgIpc) is 3.14. The van der Waals surface area contributed by atoms with Gasteiger partial charge in [-0.2, -0.15) is 5.10 Å². The first-order valence-electron chi connectivity index (χ1n) is 9.47. The van der Waals surface area contributed by atoms with E-state index in [0.29, 0.717) is 43.4 Å². The lowest BCUT2D eigenvalue weighted by atomic mass is 10.1. The van der Waals surface area contributed by atoms with E-state index in [9.17, 15) is 9.59 Å². The van der Waals surface area contributed by atoms with Crippen LogP contribution in [0.4, 0.5) is 11.4 Å². The first-order valence-corrected chi connectivity index (χ1v) is 9.47. The quantitative estimate of drug-likeness (QED) is 0.600. The number of anilines is 2. The van der Waals surface area contributed by atoms with Crippen LogP contribution in [0.3, 0.4) is 0 Å². The number of carbonyl (C=O) groups is 2. The molecule has 0 atom stereocenters. The molecule has 0 saturated carbocycles. The Morgan fingerprint density at radius 2 is 1.82 bits per heavy atom. The van der Waals surface area contributed by atoms with E-state index in [0.717, 1.165) is 37.3 Å². The van der Waals surface area contributed by atoms with Crippen molar-refractivity contribution in [1.29, 1.82) is 0 Å². The number of fused-ring (bicyclic) bond motifs is 1. The Morgan fingerprint density at radius 1 is 1.11 bits per heavy atom. The number of carbonyl (C=O) groups excluding carboxylic acids is 2. The van der Waals surface area contributed by atoms with Crippen LogP contribution in [0, 0.1) is 0 Å². The second-order valence-electron chi connectivity index (χ2n) is 6.92. The molecule has 0 bridgehead atoms. The second kappa shape index (κ2) is 8.51. The average molecular weight is 384 g/mol. The summed E-state index contributed by atoms with van der Waals surface area (Å²) in [6.45, 7) is 4.74. The highest BCUT2D eigenvalue weighted by molar-refractivity contribution is 6.04. The Labute approximate surface area is 162 Å². The number of ether oxygens (including phenoxy) is 1. The smallest absolute Gasteiger partial charge is 0.276 e. The fraction of sp³-hybridized carbons (Fsp3) is 0.421. The third kappa shape index (κ3) is 4.38. The molecule has 28 heavy (non-hydrogen) atoms. The van der Waals surface area contributed by atoms with E-state index in [2.05, 4.69) is 31.0 Å². The van der Waals surface area contributed by atoms with Gasteiger partial charge in [0.2, 0.25) is 5.91 Å². The highest BCUT2D eigenvalue weighted by Crippen LogP contribution is 2.18. The van der Waals surface area contributed by atoms with Crippen molar-refractivity contribution in [3.05, 3.63) is 41.2 Å². The van der Waals surface area contributed by atoms with Crippen LogP contribution in [0.25, 0.3) is 0 Å². The molecule has 2 aliphatic rings. The van der Waals surface area contributed by atoms with Crippen molar-refractivity contribution in [2.45, 2.75) is 13.0 Å². The summed E-state index contributed by atoms with van der Waals surface area (Å²) >= 11 is 0. The molecule has 1 aromatic carbocycles. The molecule has 0 spiro atoms. The van der Waals surface area contributed by atoms with Crippen LogP contribution in [0.15, 0.2) is 24.3 Å². The largest absolute Gasteiger partial charge is 0.379 e. The van der Waals surface area contributed by atoms with Crippen LogP contribution in [-0.2, 0) is 22.5 Å². The van der Waals surface area contributed by atoms with Gasteiger partial charge in [-0.3, -0.25) is 19.6 Å². The van der Waals surface area contributed by atoms with Crippen LogP contribution in [0.1, 0.15) is 21.7 Å². The summed E-state index contributed by atoms with van der Waals surface area (Å²) in [6.07, 6.45) is 0.842. The van der Waals surface area contributed by atoms with Crippen LogP contribution < -0.4 is 16.0 Å². The fourth-order valence-electron chi connectivity index (χ4n) is 3.40. The number of morpholine rings is 1. The molecule has 148 valence electrons. The van der Waals surface area contributed by atoms with Gasteiger partial charge in [-0.05, 0) is 24.3 Å². The van der Waals surface area contributed by atoms with Crippen LogP contribution >= 0.6 is 0 Å². The number of H-pyrrole nitrogens is 1. The Balaban J connectivity index is 1.32. The lowest BCUT2D eigenvalue weighted by Gasteiger charge is -2.25. The molecule has 0 radical (unpaired) electrons. The van der Waals surface area contributed by atoms with Crippen LogP contribution in [0.2, 0.25) is 0 Å².